The Balaban J connectivity index is 1.38. The second kappa shape index (κ2) is 9.51. The van der Waals surface area contributed by atoms with Crippen LogP contribution in [0.3, 0.4) is 0 Å². The molecule has 4 heteroatoms. The molecule has 138 valence electrons. The Hall–Kier alpha value is -1.16. The SMILES string of the molecule is O=C(O)CCCCCCC1C2CCC(S2)C1CCOc1ccccc1. The molecule has 4 unspecified atom stereocenters. The van der Waals surface area contributed by atoms with Crippen LogP contribution in [0.5, 0.6) is 5.75 Å². The first-order valence-electron chi connectivity index (χ1n) is 9.79. The van der Waals surface area contributed by atoms with Gasteiger partial charge in [-0.25, -0.2) is 0 Å². The summed E-state index contributed by atoms with van der Waals surface area (Å²) in [6.07, 6.45) is 9.92. The number of carboxylic acids is 1. The number of benzene rings is 1. The molecule has 4 atom stereocenters. The van der Waals surface area contributed by atoms with Crippen molar-refractivity contribution in [3.63, 3.8) is 0 Å². The third-order valence-electron chi connectivity index (χ3n) is 5.73. The predicted molar refractivity (Wildman–Crippen MR) is 103 cm³/mol. The van der Waals surface area contributed by atoms with E-state index < -0.39 is 5.97 Å². The van der Waals surface area contributed by atoms with Crippen molar-refractivity contribution in [1.29, 1.82) is 0 Å². The average molecular weight is 363 g/mol. The number of ether oxygens (including phenoxy) is 1. The van der Waals surface area contributed by atoms with E-state index in [1.807, 2.05) is 30.3 Å². The van der Waals surface area contributed by atoms with E-state index in [1.165, 1.54) is 38.5 Å². The highest BCUT2D eigenvalue weighted by molar-refractivity contribution is 8.01. The number of thioether (sulfide) groups is 1. The maximum Gasteiger partial charge on any atom is 0.303 e. The Morgan fingerprint density at radius 1 is 1.00 bits per heavy atom. The van der Waals surface area contributed by atoms with E-state index in [1.54, 1.807) is 0 Å². The third-order valence-corrected chi connectivity index (χ3v) is 7.60. The molecule has 2 aliphatic rings. The normalized spacial score (nSPS) is 27.5. The number of hydrogen-bond acceptors (Lipinski definition) is 3. The van der Waals surface area contributed by atoms with Crippen LogP contribution in [-0.4, -0.2) is 28.2 Å². The van der Waals surface area contributed by atoms with E-state index in [0.29, 0.717) is 6.42 Å². The summed E-state index contributed by atoms with van der Waals surface area (Å²) in [5.74, 6) is 1.98. The van der Waals surface area contributed by atoms with Crippen LogP contribution in [0.4, 0.5) is 0 Å². The molecule has 2 heterocycles. The number of carbonyl (C=O) groups is 1. The minimum absolute atomic E-state index is 0.323. The molecular weight excluding hydrogens is 332 g/mol. The number of unbranched alkanes of at least 4 members (excludes halogenated alkanes) is 3. The molecule has 0 amide bonds. The molecular formula is C21H30O3S. The quantitative estimate of drug-likeness (QED) is 0.536. The highest BCUT2D eigenvalue weighted by Crippen LogP contribution is 2.55. The van der Waals surface area contributed by atoms with Crippen LogP contribution < -0.4 is 4.74 Å². The Morgan fingerprint density at radius 3 is 2.40 bits per heavy atom. The third kappa shape index (κ3) is 5.40. The van der Waals surface area contributed by atoms with Gasteiger partial charge in [0, 0.05) is 16.9 Å². The van der Waals surface area contributed by atoms with Crippen molar-refractivity contribution in [3.05, 3.63) is 30.3 Å². The summed E-state index contributed by atoms with van der Waals surface area (Å²) in [5.41, 5.74) is 0. The zero-order chi connectivity index (χ0) is 17.5. The fraction of sp³-hybridized carbons (Fsp3) is 0.667. The van der Waals surface area contributed by atoms with Gasteiger partial charge >= 0.3 is 5.97 Å². The predicted octanol–water partition coefficient (Wildman–Crippen LogP) is 5.39. The van der Waals surface area contributed by atoms with Crippen molar-refractivity contribution in [2.75, 3.05) is 6.61 Å². The fourth-order valence-corrected chi connectivity index (χ4v) is 6.58. The van der Waals surface area contributed by atoms with E-state index in [2.05, 4.69) is 11.8 Å². The second-order valence-corrected chi connectivity index (χ2v) is 8.90. The van der Waals surface area contributed by atoms with Crippen LogP contribution in [0, 0.1) is 11.8 Å². The summed E-state index contributed by atoms with van der Waals surface area (Å²) < 4.78 is 5.94. The van der Waals surface area contributed by atoms with Crippen LogP contribution in [0.15, 0.2) is 30.3 Å². The lowest BCUT2D eigenvalue weighted by Crippen LogP contribution is -2.28. The molecule has 0 radical (unpaired) electrons. The van der Waals surface area contributed by atoms with Crippen molar-refractivity contribution in [1.82, 2.24) is 0 Å². The zero-order valence-corrected chi connectivity index (χ0v) is 15.8. The van der Waals surface area contributed by atoms with Gasteiger partial charge in [0.25, 0.3) is 0 Å². The Labute approximate surface area is 155 Å². The van der Waals surface area contributed by atoms with E-state index in [4.69, 9.17) is 9.84 Å². The highest BCUT2D eigenvalue weighted by Gasteiger charge is 2.47. The first-order chi connectivity index (χ1) is 12.2. The minimum atomic E-state index is -0.664. The number of rotatable bonds is 11. The fourth-order valence-electron chi connectivity index (χ4n) is 4.51. The first-order valence-corrected chi connectivity index (χ1v) is 10.7. The Morgan fingerprint density at radius 2 is 1.68 bits per heavy atom. The van der Waals surface area contributed by atoms with Gasteiger partial charge in [-0.15, -0.1) is 0 Å². The number of fused-ring (bicyclic) bond motifs is 2. The Kier molecular flexibility index (Phi) is 7.09. The van der Waals surface area contributed by atoms with E-state index >= 15 is 0 Å². The van der Waals surface area contributed by atoms with Crippen LogP contribution in [-0.2, 0) is 4.79 Å². The summed E-state index contributed by atoms with van der Waals surface area (Å²) >= 11 is 2.23. The van der Waals surface area contributed by atoms with Gasteiger partial charge < -0.3 is 9.84 Å². The molecule has 0 aliphatic carbocycles. The molecule has 1 aromatic rings. The van der Waals surface area contributed by atoms with E-state index in [9.17, 15) is 4.79 Å². The highest BCUT2D eigenvalue weighted by atomic mass is 32.2. The summed E-state index contributed by atoms with van der Waals surface area (Å²) in [4.78, 5) is 10.6. The number of para-hydroxylation sites is 1. The second-order valence-electron chi connectivity index (χ2n) is 7.41. The van der Waals surface area contributed by atoms with Crippen LogP contribution in [0.1, 0.15) is 57.8 Å². The van der Waals surface area contributed by atoms with Gasteiger partial charge in [-0.3, -0.25) is 4.79 Å². The molecule has 1 aromatic carbocycles. The van der Waals surface area contributed by atoms with Crippen molar-refractivity contribution >= 4 is 17.7 Å². The smallest absolute Gasteiger partial charge is 0.303 e. The Bertz CT molecular complexity index is 533. The molecule has 3 nitrogen and oxygen atoms in total. The summed E-state index contributed by atoms with van der Waals surface area (Å²) in [6.45, 7) is 0.827. The van der Waals surface area contributed by atoms with Gasteiger partial charge in [-0.1, -0.05) is 37.5 Å². The van der Waals surface area contributed by atoms with Crippen molar-refractivity contribution in [2.45, 2.75) is 68.3 Å². The molecule has 3 rings (SSSR count). The molecule has 2 saturated heterocycles. The summed E-state index contributed by atoms with van der Waals surface area (Å²) in [5, 5.41) is 10.4. The van der Waals surface area contributed by atoms with E-state index in [0.717, 1.165) is 47.5 Å². The standard InChI is InChI=1S/C21H30O3S/c22-21(23)11-7-2-1-6-10-17-18(20-13-12-19(17)25-20)14-15-24-16-8-4-3-5-9-16/h3-5,8-9,17-20H,1-2,6-7,10-15H2,(H,22,23). The first kappa shape index (κ1) is 18.6. The lowest BCUT2D eigenvalue weighted by atomic mass is 9.75. The topological polar surface area (TPSA) is 46.5 Å². The minimum Gasteiger partial charge on any atom is -0.494 e. The average Bonchev–Trinajstić information content (AvgIpc) is 3.21. The van der Waals surface area contributed by atoms with Gasteiger partial charge in [-0.2, -0.15) is 11.8 Å². The molecule has 0 spiro atoms. The lowest BCUT2D eigenvalue weighted by molar-refractivity contribution is -0.137. The van der Waals surface area contributed by atoms with Gasteiger partial charge in [-0.05, 0) is 56.1 Å². The molecule has 0 saturated carbocycles. The van der Waals surface area contributed by atoms with E-state index in [-0.39, 0.29) is 0 Å². The number of aliphatic carboxylic acids is 1. The maximum atomic E-state index is 10.6. The number of carboxylic acid groups (broad SMARTS) is 1. The molecule has 2 aliphatic heterocycles. The van der Waals surface area contributed by atoms with Crippen molar-refractivity contribution < 1.29 is 14.6 Å². The van der Waals surface area contributed by atoms with Gasteiger partial charge in [0.05, 0.1) is 6.61 Å². The van der Waals surface area contributed by atoms with Gasteiger partial charge in [0.15, 0.2) is 0 Å². The zero-order valence-electron chi connectivity index (χ0n) is 14.9. The molecule has 2 fully saturated rings. The monoisotopic (exact) mass is 362 g/mol. The summed E-state index contributed by atoms with van der Waals surface area (Å²) in [6, 6.07) is 10.1. The van der Waals surface area contributed by atoms with Gasteiger partial charge in [0.1, 0.15) is 5.75 Å². The van der Waals surface area contributed by atoms with Crippen molar-refractivity contribution in [3.8, 4) is 5.75 Å². The molecule has 2 bridgehead atoms. The van der Waals surface area contributed by atoms with Crippen LogP contribution >= 0.6 is 11.8 Å². The van der Waals surface area contributed by atoms with Crippen molar-refractivity contribution in [2.24, 2.45) is 11.8 Å². The number of hydrogen-bond donors (Lipinski definition) is 1. The molecule has 1 N–H and O–H groups in total. The van der Waals surface area contributed by atoms with Gasteiger partial charge in [0.2, 0.25) is 0 Å². The summed E-state index contributed by atoms with van der Waals surface area (Å²) in [7, 11) is 0. The molecule has 0 aromatic heterocycles. The molecule has 25 heavy (non-hydrogen) atoms. The van der Waals surface area contributed by atoms with Crippen LogP contribution in [0.25, 0.3) is 0 Å². The largest absolute Gasteiger partial charge is 0.494 e. The van der Waals surface area contributed by atoms with Crippen LogP contribution in [0.2, 0.25) is 0 Å². The lowest BCUT2D eigenvalue weighted by Gasteiger charge is -2.30. The maximum absolute atomic E-state index is 10.6.